The molecule has 2 aromatic heterocycles. The summed E-state index contributed by atoms with van der Waals surface area (Å²) in [6.45, 7) is 5.38. The molecule has 0 saturated heterocycles. The van der Waals surface area contributed by atoms with E-state index in [2.05, 4.69) is 11.4 Å². The lowest BCUT2D eigenvalue weighted by atomic mass is 10.00. The van der Waals surface area contributed by atoms with Crippen LogP contribution in [-0.2, 0) is 11.2 Å². The van der Waals surface area contributed by atoms with Gasteiger partial charge in [-0.15, -0.1) is 11.3 Å². The van der Waals surface area contributed by atoms with Gasteiger partial charge in [0, 0.05) is 18.0 Å². The summed E-state index contributed by atoms with van der Waals surface area (Å²) < 4.78 is 16.9. The van der Waals surface area contributed by atoms with Crippen molar-refractivity contribution < 1.29 is 23.5 Å². The van der Waals surface area contributed by atoms with E-state index in [1.165, 1.54) is 11.1 Å². The van der Waals surface area contributed by atoms with Gasteiger partial charge in [0.15, 0.2) is 17.3 Å². The van der Waals surface area contributed by atoms with Gasteiger partial charge in [0.25, 0.3) is 5.91 Å². The zero-order valence-electron chi connectivity index (χ0n) is 19.7. The average molecular weight is 483 g/mol. The Balaban J connectivity index is 1.54. The first-order valence-corrected chi connectivity index (χ1v) is 12.3. The summed E-state index contributed by atoms with van der Waals surface area (Å²) in [6, 6.07) is 12.6. The molecule has 4 rings (SSSR count). The van der Waals surface area contributed by atoms with E-state index in [1.807, 2.05) is 43.0 Å². The van der Waals surface area contributed by atoms with Crippen molar-refractivity contribution in [3.05, 3.63) is 70.3 Å². The lowest BCUT2D eigenvalue weighted by Crippen LogP contribution is -2.48. The minimum absolute atomic E-state index is 0.0116. The van der Waals surface area contributed by atoms with Crippen LogP contribution in [0.4, 0.5) is 0 Å². The Labute approximate surface area is 203 Å². The molecule has 0 bridgehead atoms. The first-order chi connectivity index (χ1) is 16.5. The monoisotopic (exact) mass is 482 g/mol. The van der Waals surface area contributed by atoms with E-state index < -0.39 is 0 Å². The summed E-state index contributed by atoms with van der Waals surface area (Å²) in [4.78, 5) is 31.3. The lowest BCUT2D eigenvalue weighted by molar-refractivity contribution is -0.135. The van der Waals surface area contributed by atoms with Crippen molar-refractivity contribution in [1.29, 1.82) is 0 Å². The summed E-state index contributed by atoms with van der Waals surface area (Å²) in [5, 5.41) is 2.06. The molecule has 1 aliphatic heterocycles. The molecule has 2 amide bonds. The second-order valence-corrected chi connectivity index (χ2v) is 9.67. The number of hydrogen-bond donors (Lipinski definition) is 0. The number of hydrogen-bond acceptors (Lipinski definition) is 6. The van der Waals surface area contributed by atoms with Gasteiger partial charge in [0.2, 0.25) is 5.91 Å². The molecule has 0 spiro atoms. The SMILES string of the molecule is COc1ccccc1OC[C@H]1c2ccsc2CCN1C(=O)CN(CC(C)C)C(=O)c1ccco1. The zero-order chi connectivity index (χ0) is 24.1. The maximum absolute atomic E-state index is 13.6. The summed E-state index contributed by atoms with van der Waals surface area (Å²) in [7, 11) is 1.61. The Morgan fingerprint density at radius 3 is 2.68 bits per heavy atom. The van der Waals surface area contributed by atoms with Crippen LogP contribution < -0.4 is 9.47 Å². The number of carbonyl (C=O) groups excluding carboxylic acids is 2. The van der Waals surface area contributed by atoms with Crippen LogP contribution in [-0.4, -0.2) is 55.0 Å². The highest BCUT2D eigenvalue weighted by Crippen LogP contribution is 2.35. The lowest BCUT2D eigenvalue weighted by Gasteiger charge is -2.37. The normalized spacial score (nSPS) is 15.2. The Morgan fingerprint density at radius 2 is 1.97 bits per heavy atom. The molecular formula is C26H30N2O5S. The van der Waals surface area contributed by atoms with Gasteiger partial charge in [-0.2, -0.15) is 0 Å². The summed E-state index contributed by atoms with van der Waals surface area (Å²) in [5.74, 6) is 1.35. The molecule has 0 aliphatic carbocycles. The number of para-hydroxylation sites is 2. The van der Waals surface area contributed by atoms with Crippen LogP contribution in [0.25, 0.3) is 0 Å². The maximum Gasteiger partial charge on any atom is 0.290 e. The van der Waals surface area contributed by atoms with Crippen molar-refractivity contribution in [3.63, 3.8) is 0 Å². The third kappa shape index (κ3) is 5.28. The second kappa shape index (κ2) is 10.8. The van der Waals surface area contributed by atoms with Gasteiger partial charge in [0.05, 0.1) is 19.4 Å². The van der Waals surface area contributed by atoms with Gasteiger partial charge >= 0.3 is 0 Å². The number of rotatable bonds is 9. The molecule has 0 fully saturated rings. The first-order valence-electron chi connectivity index (χ1n) is 11.4. The van der Waals surface area contributed by atoms with Crippen LogP contribution in [0.3, 0.4) is 0 Å². The molecule has 1 aromatic carbocycles. The van der Waals surface area contributed by atoms with E-state index in [-0.39, 0.29) is 36.1 Å². The van der Waals surface area contributed by atoms with Gasteiger partial charge in [-0.1, -0.05) is 26.0 Å². The molecule has 3 aromatic rings. The van der Waals surface area contributed by atoms with Crippen LogP contribution in [0.5, 0.6) is 11.5 Å². The van der Waals surface area contributed by atoms with E-state index in [0.29, 0.717) is 31.2 Å². The largest absolute Gasteiger partial charge is 0.493 e. The van der Waals surface area contributed by atoms with Gasteiger partial charge in [-0.3, -0.25) is 9.59 Å². The third-order valence-corrected chi connectivity index (χ3v) is 6.81. The predicted octanol–water partition coefficient (Wildman–Crippen LogP) is 4.65. The fourth-order valence-electron chi connectivity index (χ4n) is 4.25. The van der Waals surface area contributed by atoms with Crippen molar-refractivity contribution in [2.75, 3.05) is 33.4 Å². The maximum atomic E-state index is 13.6. The fourth-order valence-corrected chi connectivity index (χ4v) is 5.18. The highest BCUT2D eigenvalue weighted by atomic mass is 32.1. The molecule has 7 nitrogen and oxygen atoms in total. The molecular weight excluding hydrogens is 452 g/mol. The molecule has 8 heteroatoms. The Hall–Kier alpha value is -3.26. The van der Waals surface area contributed by atoms with Gasteiger partial charge in [0.1, 0.15) is 13.2 Å². The standard InChI is InChI=1S/C26H30N2O5S/c1-18(2)15-27(26(30)23-9-6-13-32-23)16-25(29)28-12-10-24-19(11-14-34-24)20(28)17-33-22-8-5-4-7-21(22)31-3/h4-9,11,13-14,18,20H,10,12,15-17H2,1-3H3/t20-/m0/s1. The second-order valence-electron chi connectivity index (χ2n) is 8.67. The van der Waals surface area contributed by atoms with Crippen LogP contribution in [0.1, 0.15) is 40.9 Å². The average Bonchev–Trinajstić information content (AvgIpc) is 3.53. The molecule has 0 N–H and O–H groups in total. The highest BCUT2D eigenvalue weighted by Gasteiger charge is 2.34. The number of fused-ring (bicyclic) bond motifs is 1. The smallest absolute Gasteiger partial charge is 0.290 e. The number of benzene rings is 1. The Bertz CT molecular complexity index is 1110. The molecule has 34 heavy (non-hydrogen) atoms. The van der Waals surface area contributed by atoms with Crippen molar-refractivity contribution in [2.24, 2.45) is 5.92 Å². The summed E-state index contributed by atoms with van der Waals surface area (Å²) in [6.07, 6.45) is 2.26. The Morgan fingerprint density at radius 1 is 1.18 bits per heavy atom. The zero-order valence-corrected chi connectivity index (χ0v) is 20.5. The van der Waals surface area contributed by atoms with Crippen molar-refractivity contribution in [1.82, 2.24) is 9.80 Å². The molecule has 1 aliphatic rings. The fraction of sp³-hybridized carbons (Fsp3) is 0.385. The minimum atomic E-state index is -0.276. The van der Waals surface area contributed by atoms with E-state index in [4.69, 9.17) is 13.9 Å². The predicted molar refractivity (Wildman–Crippen MR) is 130 cm³/mol. The van der Waals surface area contributed by atoms with Crippen molar-refractivity contribution in [3.8, 4) is 11.5 Å². The van der Waals surface area contributed by atoms with E-state index in [1.54, 1.807) is 35.5 Å². The topological polar surface area (TPSA) is 72.2 Å². The third-order valence-electron chi connectivity index (χ3n) is 5.81. The van der Waals surface area contributed by atoms with Crippen LogP contribution in [0, 0.1) is 5.92 Å². The number of carbonyl (C=O) groups is 2. The molecule has 180 valence electrons. The number of nitrogens with zero attached hydrogens (tertiary/aromatic N) is 2. The van der Waals surface area contributed by atoms with Crippen molar-refractivity contribution in [2.45, 2.75) is 26.3 Å². The summed E-state index contributed by atoms with van der Waals surface area (Å²) >= 11 is 1.70. The number of methoxy groups -OCH3 is 1. The number of furan rings is 1. The molecule has 0 saturated carbocycles. The number of ether oxygens (including phenoxy) is 2. The molecule has 0 radical (unpaired) electrons. The van der Waals surface area contributed by atoms with Gasteiger partial charge < -0.3 is 23.7 Å². The summed E-state index contributed by atoms with van der Waals surface area (Å²) in [5.41, 5.74) is 1.10. The van der Waals surface area contributed by atoms with E-state index >= 15 is 0 Å². The van der Waals surface area contributed by atoms with Crippen LogP contribution >= 0.6 is 11.3 Å². The van der Waals surface area contributed by atoms with Gasteiger partial charge in [-0.05, 0) is 53.6 Å². The quantitative estimate of drug-likeness (QED) is 0.444. The van der Waals surface area contributed by atoms with Gasteiger partial charge in [-0.25, -0.2) is 0 Å². The highest BCUT2D eigenvalue weighted by molar-refractivity contribution is 7.10. The molecule has 1 atom stereocenters. The van der Waals surface area contributed by atoms with Crippen LogP contribution in [0.15, 0.2) is 58.5 Å². The molecule has 3 heterocycles. The number of amides is 2. The number of thiophene rings is 1. The van der Waals surface area contributed by atoms with E-state index in [0.717, 1.165) is 12.0 Å². The van der Waals surface area contributed by atoms with Crippen LogP contribution in [0.2, 0.25) is 0 Å². The van der Waals surface area contributed by atoms with Crippen molar-refractivity contribution >= 4 is 23.2 Å². The molecule has 0 unspecified atom stereocenters. The van der Waals surface area contributed by atoms with E-state index in [9.17, 15) is 9.59 Å². The first kappa shape index (κ1) is 23.9. The Kier molecular flexibility index (Phi) is 7.57. The minimum Gasteiger partial charge on any atom is -0.493 e.